The highest BCUT2D eigenvalue weighted by molar-refractivity contribution is 7.92. The molecule has 0 heterocycles. The first-order valence-electron chi connectivity index (χ1n) is 10.7. The smallest absolute Gasteiger partial charge is 0.244 e. The number of unbranched alkanes of at least 4 members (excludes halogenated alkanes) is 1. The maximum atomic E-state index is 13.4. The van der Waals surface area contributed by atoms with Crippen molar-refractivity contribution in [3.8, 4) is 0 Å². The second-order valence-corrected chi connectivity index (χ2v) is 10.5. The van der Waals surface area contributed by atoms with Gasteiger partial charge in [0.1, 0.15) is 18.4 Å². The number of carbonyl (C=O) groups is 2. The number of rotatable bonds is 11. The van der Waals surface area contributed by atoms with E-state index < -0.39 is 40.2 Å². The van der Waals surface area contributed by atoms with Crippen LogP contribution in [-0.4, -0.2) is 50.5 Å². The van der Waals surface area contributed by atoms with Gasteiger partial charge in [0.05, 0.1) is 11.9 Å². The fourth-order valence-electron chi connectivity index (χ4n) is 3.19. The number of nitrogens with zero attached hydrogens (tertiary/aromatic N) is 2. The molecule has 186 valence electrons. The summed E-state index contributed by atoms with van der Waals surface area (Å²) >= 11 is 12.6. The molecule has 0 fully saturated rings. The minimum absolute atomic E-state index is 0.110. The van der Waals surface area contributed by atoms with Crippen molar-refractivity contribution in [2.45, 2.75) is 39.3 Å². The summed E-state index contributed by atoms with van der Waals surface area (Å²) in [6, 6.07) is 8.66. The van der Waals surface area contributed by atoms with E-state index in [-0.39, 0.29) is 12.2 Å². The largest absolute Gasteiger partial charge is 0.354 e. The predicted molar refractivity (Wildman–Crippen MR) is 133 cm³/mol. The number of hydrogen-bond acceptors (Lipinski definition) is 4. The Balaban J connectivity index is 2.39. The Morgan fingerprint density at radius 2 is 1.68 bits per heavy atom. The standard InChI is InChI=1S/C23H28Cl2FN3O4S/c1-4-5-13-27-23(31)16(2)28(14-19-20(24)7-6-8-21(19)25)22(30)15-29(34(3,32)33)18-11-9-17(26)10-12-18/h6-12,16H,4-5,13-15H2,1-3H3,(H,27,31). The van der Waals surface area contributed by atoms with Crippen molar-refractivity contribution in [3.05, 3.63) is 63.9 Å². The molecule has 0 saturated heterocycles. The summed E-state index contributed by atoms with van der Waals surface area (Å²) < 4.78 is 39.1. The van der Waals surface area contributed by atoms with Gasteiger partial charge in [0.2, 0.25) is 21.8 Å². The highest BCUT2D eigenvalue weighted by Crippen LogP contribution is 2.27. The second kappa shape index (κ2) is 12.4. The van der Waals surface area contributed by atoms with Crippen molar-refractivity contribution in [2.75, 3.05) is 23.7 Å². The minimum atomic E-state index is -3.90. The van der Waals surface area contributed by atoms with E-state index in [1.165, 1.54) is 17.0 Å². The van der Waals surface area contributed by atoms with Gasteiger partial charge in [-0.15, -0.1) is 0 Å². The number of halogens is 3. The Kier molecular flexibility index (Phi) is 10.1. The molecule has 2 rings (SSSR count). The van der Waals surface area contributed by atoms with Crippen LogP contribution in [0.15, 0.2) is 42.5 Å². The van der Waals surface area contributed by atoms with E-state index in [1.54, 1.807) is 25.1 Å². The monoisotopic (exact) mass is 531 g/mol. The maximum Gasteiger partial charge on any atom is 0.244 e. The third-order valence-electron chi connectivity index (χ3n) is 5.18. The average Bonchev–Trinajstić information content (AvgIpc) is 2.77. The normalized spacial score (nSPS) is 12.2. The molecule has 0 spiro atoms. The Morgan fingerprint density at radius 3 is 2.21 bits per heavy atom. The number of nitrogens with one attached hydrogen (secondary N) is 1. The summed E-state index contributed by atoms with van der Waals surface area (Å²) in [5.74, 6) is -1.59. The fraction of sp³-hybridized carbons (Fsp3) is 0.391. The van der Waals surface area contributed by atoms with Crippen LogP contribution in [-0.2, 0) is 26.2 Å². The SMILES string of the molecule is CCCCNC(=O)C(C)N(Cc1c(Cl)cccc1Cl)C(=O)CN(c1ccc(F)cc1)S(C)(=O)=O. The van der Waals surface area contributed by atoms with Crippen molar-refractivity contribution in [1.82, 2.24) is 10.2 Å². The number of carbonyl (C=O) groups excluding carboxylic acids is 2. The molecule has 2 aromatic carbocycles. The first-order valence-corrected chi connectivity index (χ1v) is 13.3. The second-order valence-electron chi connectivity index (χ2n) is 7.79. The van der Waals surface area contributed by atoms with E-state index in [4.69, 9.17) is 23.2 Å². The van der Waals surface area contributed by atoms with E-state index in [1.807, 2.05) is 6.92 Å². The van der Waals surface area contributed by atoms with Gasteiger partial charge in [-0.1, -0.05) is 42.6 Å². The van der Waals surface area contributed by atoms with Gasteiger partial charge < -0.3 is 10.2 Å². The Bertz CT molecular complexity index is 1090. The van der Waals surface area contributed by atoms with Crippen LogP contribution in [0.1, 0.15) is 32.3 Å². The third kappa shape index (κ3) is 7.58. The lowest BCUT2D eigenvalue weighted by molar-refractivity contribution is -0.139. The maximum absolute atomic E-state index is 13.4. The van der Waals surface area contributed by atoms with E-state index in [9.17, 15) is 22.4 Å². The molecule has 34 heavy (non-hydrogen) atoms. The van der Waals surface area contributed by atoms with Crippen molar-refractivity contribution >= 4 is 50.7 Å². The molecule has 11 heteroatoms. The quantitative estimate of drug-likeness (QED) is 0.439. The van der Waals surface area contributed by atoms with Crippen LogP contribution in [0.2, 0.25) is 10.0 Å². The molecule has 1 unspecified atom stereocenters. The first-order chi connectivity index (χ1) is 16.0. The lowest BCUT2D eigenvalue weighted by Gasteiger charge is -2.32. The topological polar surface area (TPSA) is 86.8 Å². The molecule has 7 nitrogen and oxygen atoms in total. The number of sulfonamides is 1. The number of amides is 2. The van der Waals surface area contributed by atoms with Gasteiger partial charge >= 0.3 is 0 Å². The molecular formula is C23H28Cl2FN3O4S. The predicted octanol–water partition coefficient (Wildman–Crippen LogP) is 4.23. The molecule has 0 aromatic heterocycles. The fourth-order valence-corrected chi connectivity index (χ4v) is 4.56. The van der Waals surface area contributed by atoms with E-state index in [0.717, 1.165) is 35.5 Å². The molecule has 1 N–H and O–H groups in total. The van der Waals surface area contributed by atoms with Gasteiger partial charge in [0.15, 0.2) is 0 Å². The van der Waals surface area contributed by atoms with E-state index in [0.29, 0.717) is 22.2 Å². The minimum Gasteiger partial charge on any atom is -0.354 e. The number of benzene rings is 2. The average molecular weight is 532 g/mol. The van der Waals surface area contributed by atoms with Crippen LogP contribution in [0.25, 0.3) is 0 Å². The lowest BCUT2D eigenvalue weighted by Crippen LogP contribution is -2.51. The van der Waals surface area contributed by atoms with Crippen LogP contribution in [0.4, 0.5) is 10.1 Å². The van der Waals surface area contributed by atoms with Crippen LogP contribution >= 0.6 is 23.2 Å². The Labute approximate surface area is 209 Å². The van der Waals surface area contributed by atoms with Gasteiger partial charge in [-0.05, 0) is 49.7 Å². The summed E-state index contributed by atoms with van der Waals surface area (Å²) in [7, 11) is -3.90. The van der Waals surface area contributed by atoms with Crippen LogP contribution in [0.5, 0.6) is 0 Å². The van der Waals surface area contributed by atoms with Gasteiger partial charge in [-0.25, -0.2) is 12.8 Å². The molecule has 0 aliphatic rings. The molecular weight excluding hydrogens is 504 g/mol. The summed E-state index contributed by atoms with van der Waals surface area (Å²) in [4.78, 5) is 27.4. The molecule has 0 aliphatic carbocycles. The van der Waals surface area contributed by atoms with Crippen molar-refractivity contribution in [1.29, 1.82) is 0 Å². The van der Waals surface area contributed by atoms with Gasteiger partial charge in [0, 0.05) is 28.7 Å². The zero-order valence-electron chi connectivity index (χ0n) is 19.2. The third-order valence-corrected chi connectivity index (χ3v) is 7.03. The summed E-state index contributed by atoms with van der Waals surface area (Å²) in [5, 5.41) is 3.40. The van der Waals surface area contributed by atoms with Gasteiger partial charge in [-0.2, -0.15) is 0 Å². The highest BCUT2D eigenvalue weighted by atomic mass is 35.5. The van der Waals surface area contributed by atoms with E-state index in [2.05, 4.69) is 5.32 Å². The molecule has 0 radical (unpaired) electrons. The summed E-state index contributed by atoms with van der Waals surface area (Å²) in [6.07, 6.45) is 2.60. The van der Waals surface area contributed by atoms with Crippen LogP contribution in [0, 0.1) is 5.82 Å². The Hall–Kier alpha value is -2.36. The lowest BCUT2D eigenvalue weighted by atomic mass is 10.1. The molecule has 0 saturated carbocycles. The van der Waals surface area contributed by atoms with Crippen molar-refractivity contribution in [2.24, 2.45) is 0 Å². The van der Waals surface area contributed by atoms with Crippen molar-refractivity contribution < 1.29 is 22.4 Å². The van der Waals surface area contributed by atoms with Gasteiger partial charge in [0.25, 0.3) is 0 Å². The first kappa shape index (κ1) is 27.9. The zero-order chi connectivity index (χ0) is 25.5. The summed E-state index contributed by atoms with van der Waals surface area (Å²) in [5.41, 5.74) is 0.549. The van der Waals surface area contributed by atoms with Gasteiger partial charge in [-0.3, -0.25) is 13.9 Å². The van der Waals surface area contributed by atoms with Crippen LogP contribution < -0.4 is 9.62 Å². The highest BCUT2D eigenvalue weighted by Gasteiger charge is 2.30. The molecule has 2 aromatic rings. The molecule has 1 atom stereocenters. The van der Waals surface area contributed by atoms with E-state index >= 15 is 0 Å². The summed E-state index contributed by atoms with van der Waals surface area (Å²) in [6.45, 7) is 3.27. The molecule has 0 aliphatic heterocycles. The number of hydrogen-bond donors (Lipinski definition) is 1. The Morgan fingerprint density at radius 1 is 1.09 bits per heavy atom. The molecule has 0 bridgehead atoms. The number of anilines is 1. The molecule has 2 amide bonds. The van der Waals surface area contributed by atoms with Crippen molar-refractivity contribution in [3.63, 3.8) is 0 Å². The zero-order valence-corrected chi connectivity index (χ0v) is 21.6. The van der Waals surface area contributed by atoms with Crippen LogP contribution in [0.3, 0.4) is 0 Å².